The van der Waals surface area contributed by atoms with E-state index in [1.165, 1.54) is 0 Å². The predicted molar refractivity (Wildman–Crippen MR) is 66.7 cm³/mol. The van der Waals surface area contributed by atoms with Crippen molar-refractivity contribution >= 4 is 5.97 Å². The Morgan fingerprint density at radius 3 is 2.65 bits per heavy atom. The lowest BCUT2D eigenvalue weighted by molar-refractivity contribution is -0.144. The minimum atomic E-state index is -0.758. The SMILES string of the molecule is CCCCC(COCc1ccccc1)C(=O)O. The average molecular weight is 236 g/mol. The second kappa shape index (κ2) is 7.85. The van der Waals surface area contributed by atoms with E-state index >= 15 is 0 Å². The number of ether oxygens (including phenoxy) is 1. The Kier molecular flexibility index (Phi) is 6.33. The minimum absolute atomic E-state index is 0.296. The monoisotopic (exact) mass is 236 g/mol. The summed E-state index contributed by atoms with van der Waals surface area (Å²) >= 11 is 0. The first-order valence-corrected chi connectivity index (χ1v) is 6.08. The van der Waals surface area contributed by atoms with Crippen LogP contribution in [0, 0.1) is 5.92 Å². The van der Waals surface area contributed by atoms with Crippen LogP contribution in [-0.4, -0.2) is 17.7 Å². The molecule has 0 aromatic heterocycles. The highest BCUT2D eigenvalue weighted by Gasteiger charge is 2.16. The summed E-state index contributed by atoms with van der Waals surface area (Å²) in [7, 11) is 0. The maximum atomic E-state index is 11.0. The summed E-state index contributed by atoms with van der Waals surface area (Å²) in [6, 6.07) is 9.79. The van der Waals surface area contributed by atoms with Crippen molar-refractivity contribution in [3.05, 3.63) is 35.9 Å². The van der Waals surface area contributed by atoms with E-state index in [0.717, 1.165) is 18.4 Å². The van der Waals surface area contributed by atoms with Gasteiger partial charge in [-0.15, -0.1) is 0 Å². The number of hydrogen-bond acceptors (Lipinski definition) is 2. The fraction of sp³-hybridized carbons (Fsp3) is 0.500. The highest BCUT2D eigenvalue weighted by molar-refractivity contribution is 5.70. The van der Waals surface area contributed by atoms with Crippen LogP contribution in [0.15, 0.2) is 30.3 Å². The van der Waals surface area contributed by atoms with Gasteiger partial charge in [0, 0.05) is 0 Å². The highest BCUT2D eigenvalue weighted by Crippen LogP contribution is 2.11. The van der Waals surface area contributed by atoms with Crippen molar-refractivity contribution in [2.24, 2.45) is 5.92 Å². The lowest BCUT2D eigenvalue weighted by atomic mass is 10.0. The molecule has 0 saturated heterocycles. The largest absolute Gasteiger partial charge is 0.481 e. The van der Waals surface area contributed by atoms with Crippen molar-refractivity contribution in [3.63, 3.8) is 0 Å². The van der Waals surface area contributed by atoms with Crippen molar-refractivity contribution < 1.29 is 14.6 Å². The van der Waals surface area contributed by atoms with E-state index in [-0.39, 0.29) is 5.92 Å². The van der Waals surface area contributed by atoms with Gasteiger partial charge in [-0.25, -0.2) is 0 Å². The number of carboxylic acids is 1. The summed E-state index contributed by atoms with van der Waals surface area (Å²) in [5.74, 6) is -1.13. The number of carbonyl (C=O) groups is 1. The number of carboxylic acid groups (broad SMARTS) is 1. The lowest BCUT2D eigenvalue weighted by Crippen LogP contribution is -2.19. The third-order valence-corrected chi connectivity index (χ3v) is 2.69. The summed E-state index contributed by atoms with van der Waals surface area (Å²) < 4.78 is 5.46. The van der Waals surface area contributed by atoms with Crippen LogP contribution in [0.4, 0.5) is 0 Å². The molecule has 1 N–H and O–H groups in total. The summed E-state index contributed by atoms with van der Waals surface area (Å²) in [5, 5.41) is 9.02. The average Bonchev–Trinajstić information content (AvgIpc) is 2.34. The Bertz CT molecular complexity index is 321. The molecule has 0 radical (unpaired) electrons. The molecule has 0 fully saturated rings. The zero-order valence-corrected chi connectivity index (χ0v) is 10.3. The van der Waals surface area contributed by atoms with Gasteiger partial charge in [0.15, 0.2) is 0 Å². The van der Waals surface area contributed by atoms with E-state index in [1.807, 2.05) is 30.3 Å². The van der Waals surface area contributed by atoms with Gasteiger partial charge >= 0.3 is 5.97 Å². The fourth-order valence-electron chi connectivity index (χ4n) is 1.62. The third kappa shape index (κ3) is 5.50. The topological polar surface area (TPSA) is 46.5 Å². The molecule has 1 atom stereocenters. The van der Waals surface area contributed by atoms with Crippen molar-refractivity contribution in [3.8, 4) is 0 Å². The maximum Gasteiger partial charge on any atom is 0.308 e. The molecule has 17 heavy (non-hydrogen) atoms. The first kappa shape index (κ1) is 13.7. The van der Waals surface area contributed by atoms with Crippen molar-refractivity contribution in [2.45, 2.75) is 32.8 Å². The molecule has 0 saturated carbocycles. The van der Waals surface area contributed by atoms with Gasteiger partial charge in [-0.05, 0) is 12.0 Å². The molecule has 1 rings (SSSR count). The number of rotatable bonds is 8. The van der Waals surface area contributed by atoms with Crippen LogP contribution in [0.25, 0.3) is 0 Å². The smallest absolute Gasteiger partial charge is 0.308 e. The van der Waals surface area contributed by atoms with Crippen molar-refractivity contribution in [2.75, 3.05) is 6.61 Å². The van der Waals surface area contributed by atoms with E-state index < -0.39 is 5.97 Å². The van der Waals surface area contributed by atoms with Crippen LogP contribution >= 0.6 is 0 Å². The Balaban J connectivity index is 2.29. The fourth-order valence-corrected chi connectivity index (χ4v) is 1.62. The quantitative estimate of drug-likeness (QED) is 0.754. The van der Waals surface area contributed by atoms with Gasteiger partial charge in [0.25, 0.3) is 0 Å². The van der Waals surface area contributed by atoms with Crippen LogP contribution in [0.1, 0.15) is 31.7 Å². The maximum absolute atomic E-state index is 11.0. The first-order chi connectivity index (χ1) is 8.24. The number of benzene rings is 1. The molecule has 1 unspecified atom stereocenters. The predicted octanol–water partition coefficient (Wildman–Crippen LogP) is 3.09. The number of aliphatic carboxylic acids is 1. The molecular formula is C14H20O3. The molecule has 0 aliphatic rings. The van der Waals surface area contributed by atoms with Crippen LogP contribution in [0.2, 0.25) is 0 Å². The van der Waals surface area contributed by atoms with Gasteiger partial charge in [-0.1, -0.05) is 50.1 Å². The molecule has 0 heterocycles. The number of hydrogen-bond donors (Lipinski definition) is 1. The van der Waals surface area contributed by atoms with E-state index in [2.05, 4.69) is 6.92 Å². The Morgan fingerprint density at radius 2 is 2.06 bits per heavy atom. The van der Waals surface area contributed by atoms with Crippen LogP contribution in [0.3, 0.4) is 0 Å². The normalized spacial score (nSPS) is 12.3. The van der Waals surface area contributed by atoms with Gasteiger partial charge < -0.3 is 9.84 Å². The molecule has 0 amide bonds. The first-order valence-electron chi connectivity index (χ1n) is 6.08. The van der Waals surface area contributed by atoms with Crippen LogP contribution in [0.5, 0.6) is 0 Å². The second-order valence-corrected chi connectivity index (χ2v) is 4.18. The van der Waals surface area contributed by atoms with Gasteiger partial charge in [-0.3, -0.25) is 4.79 Å². The number of unbranched alkanes of at least 4 members (excludes halogenated alkanes) is 1. The second-order valence-electron chi connectivity index (χ2n) is 4.18. The molecule has 0 bridgehead atoms. The molecule has 94 valence electrons. The molecule has 1 aromatic rings. The molecule has 0 aliphatic carbocycles. The van der Waals surface area contributed by atoms with Crippen molar-refractivity contribution in [1.82, 2.24) is 0 Å². The zero-order chi connectivity index (χ0) is 12.5. The Morgan fingerprint density at radius 1 is 1.35 bits per heavy atom. The molecule has 0 aliphatic heterocycles. The Labute approximate surface area is 102 Å². The minimum Gasteiger partial charge on any atom is -0.481 e. The van der Waals surface area contributed by atoms with Crippen LogP contribution in [-0.2, 0) is 16.1 Å². The zero-order valence-electron chi connectivity index (χ0n) is 10.3. The molecule has 1 aromatic carbocycles. The van der Waals surface area contributed by atoms with E-state index in [9.17, 15) is 4.79 Å². The highest BCUT2D eigenvalue weighted by atomic mass is 16.5. The third-order valence-electron chi connectivity index (χ3n) is 2.69. The molecule has 3 heteroatoms. The Hall–Kier alpha value is -1.35. The van der Waals surface area contributed by atoms with E-state index in [0.29, 0.717) is 19.6 Å². The molecule has 0 spiro atoms. The van der Waals surface area contributed by atoms with Crippen LogP contribution < -0.4 is 0 Å². The van der Waals surface area contributed by atoms with Gasteiger partial charge in [-0.2, -0.15) is 0 Å². The van der Waals surface area contributed by atoms with Gasteiger partial charge in [0.05, 0.1) is 19.1 Å². The summed E-state index contributed by atoms with van der Waals surface area (Å²) in [5.41, 5.74) is 1.08. The standard InChI is InChI=1S/C14H20O3/c1-2-3-9-13(14(15)16)11-17-10-12-7-5-4-6-8-12/h4-8,13H,2-3,9-11H2,1H3,(H,15,16). The van der Waals surface area contributed by atoms with Gasteiger partial charge in [0.1, 0.15) is 0 Å². The van der Waals surface area contributed by atoms with Crippen molar-refractivity contribution in [1.29, 1.82) is 0 Å². The van der Waals surface area contributed by atoms with E-state index in [4.69, 9.17) is 9.84 Å². The summed E-state index contributed by atoms with van der Waals surface area (Å²) in [6.45, 7) is 2.84. The molecular weight excluding hydrogens is 216 g/mol. The summed E-state index contributed by atoms with van der Waals surface area (Å²) in [4.78, 5) is 11.0. The van der Waals surface area contributed by atoms with E-state index in [1.54, 1.807) is 0 Å². The van der Waals surface area contributed by atoms with Gasteiger partial charge in [0.2, 0.25) is 0 Å². The molecule has 3 nitrogen and oxygen atoms in total. The summed E-state index contributed by atoms with van der Waals surface area (Å²) in [6.07, 6.45) is 2.65. The lowest BCUT2D eigenvalue weighted by Gasteiger charge is -2.12.